The minimum Gasteiger partial charge on any atom is -0.348 e. The normalized spacial score (nSPS) is 12.3. The summed E-state index contributed by atoms with van der Waals surface area (Å²) in [5, 5.41) is 3.50. The van der Waals surface area contributed by atoms with Gasteiger partial charge in [0.25, 0.3) is 0 Å². The average Bonchev–Trinajstić information content (AvgIpc) is 2.99. The molecule has 130 valence electrons. The van der Waals surface area contributed by atoms with Crippen LogP contribution in [0.5, 0.6) is 0 Å². The van der Waals surface area contributed by atoms with Gasteiger partial charge in [-0.05, 0) is 50.2 Å². The molecule has 1 aromatic heterocycles. The Bertz CT molecular complexity index is 876. The van der Waals surface area contributed by atoms with Gasteiger partial charge in [-0.15, -0.1) is 11.8 Å². The third-order valence-electron chi connectivity index (χ3n) is 3.97. The number of carbonyl (C=O) groups excluding carboxylic acids is 1. The summed E-state index contributed by atoms with van der Waals surface area (Å²) in [4.78, 5) is 18.1. The molecule has 2 aromatic carbocycles. The SMILES string of the molecule is CCn1c(CNC(=O)C(C)Sc2ccc(Cl)cc2)nc2ccccc21. The molecule has 0 radical (unpaired) electrons. The number of imidazole rings is 1. The third-order valence-corrected chi connectivity index (χ3v) is 5.33. The fourth-order valence-electron chi connectivity index (χ4n) is 2.69. The molecular weight excluding hydrogens is 354 g/mol. The average molecular weight is 374 g/mol. The maximum atomic E-state index is 12.4. The molecule has 0 aliphatic heterocycles. The second kappa shape index (κ2) is 7.93. The number of nitrogens with zero attached hydrogens (tertiary/aromatic N) is 2. The molecule has 0 fully saturated rings. The van der Waals surface area contributed by atoms with Crippen molar-refractivity contribution < 1.29 is 4.79 Å². The lowest BCUT2D eigenvalue weighted by molar-refractivity contribution is -0.120. The van der Waals surface area contributed by atoms with Gasteiger partial charge in [-0.3, -0.25) is 4.79 Å². The van der Waals surface area contributed by atoms with Gasteiger partial charge in [0.15, 0.2) is 0 Å². The molecule has 0 aliphatic rings. The van der Waals surface area contributed by atoms with Crippen molar-refractivity contribution in [2.24, 2.45) is 0 Å². The zero-order valence-electron chi connectivity index (χ0n) is 14.2. The number of para-hydroxylation sites is 2. The fourth-order valence-corrected chi connectivity index (χ4v) is 3.71. The van der Waals surface area contributed by atoms with Crippen molar-refractivity contribution in [3.63, 3.8) is 0 Å². The molecule has 6 heteroatoms. The molecule has 3 aromatic rings. The highest BCUT2D eigenvalue weighted by Gasteiger charge is 2.16. The summed E-state index contributed by atoms with van der Waals surface area (Å²) < 4.78 is 2.13. The summed E-state index contributed by atoms with van der Waals surface area (Å²) >= 11 is 7.41. The lowest BCUT2D eigenvalue weighted by Gasteiger charge is -2.12. The van der Waals surface area contributed by atoms with Gasteiger partial charge in [0.05, 0.1) is 22.8 Å². The van der Waals surface area contributed by atoms with E-state index in [-0.39, 0.29) is 11.2 Å². The van der Waals surface area contributed by atoms with E-state index >= 15 is 0 Å². The number of thioether (sulfide) groups is 1. The first-order valence-electron chi connectivity index (χ1n) is 8.22. The Kier molecular flexibility index (Phi) is 5.66. The van der Waals surface area contributed by atoms with Crippen molar-refractivity contribution in [1.82, 2.24) is 14.9 Å². The number of fused-ring (bicyclic) bond motifs is 1. The van der Waals surface area contributed by atoms with Gasteiger partial charge in [0, 0.05) is 16.5 Å². The van der Waals surface area contributed by atoms with Crippen molar-refractivity contribution in [2.45, 2.75) is 37.1 Å². The van der Waals surface area contributed by atoms with E-state index < -0.39 is 0 Å². The smallest absolute Gasteiger partial charge is 0.233 e. The van der Waals surface area contributed by atoms with Gasteiger partial charge in [0.1, 0.15) is 5.82 Å². The van der Waals surface area contributed by atoms with Crippen molar-refractivity contribution in [3.05, 3.63) is 59.4 Å². The number of carbonyl (C=O) groups is 1. The molecule has 0 aliphatic carbocycles. The lowest BCUT2D eigenvalue weighted by atomic mass is 10.3. The van der Waals surface area contributed by atoms with Gasteiger partial charge in [-0.25, -0.2) is 4.98 Å². The van der Waals surface area contributed by atoms with Crippen LogP contribution in [0.1, 0.15) is 19.7 Å². The lowest BCUT2D eigenvalue weighted by Crippen LogP contribution is -2.31. The molecule has 1 unspecified atom stereocenters. The topological polar surface area (TPSA) is 46.9 Å². The minimum atomic E-state index is -0.194. The Morgan fingerprint density at radius 3 is 2.68 bits per heavy atom. The minimum absolute atomic E-state index is 0.00495. The Hall–Kier alpha value is -1.98. The van der Waals surface area contributed by atoms with E-state index in [1.807, 2.05) is 49.4 Å². The van der Waals surface area contributed by atoms with E-state index in [1.165, 1.54) is 11.8 Å². The second-order valence-electron chi connectivity index (χ2n) is 5.69. The molecule has 1 heterocycles. The first-order valence-corrected chi connectivity index (χ1v) is 9.48. The number of aryl methyl sites for hydroxylation is 1. The van der Waals surface area contributed by atoms with E-state index in [2.05, 4.69) is 27.9 Å². The predicted molar refractivity (Wildman–Crippen MR) is 104 cm³/mol. The number of halogens is 1. The summed E-state index contributed by atoms with van der Waals surface area (Å²) in [5.74, 6) is 0.871. The van der Waals surface area contributed by atoms with Crippen LogP contribution in [0.25, 0.3) is 11.0 Å². The van der Waals surface area contributed by atoms with E-state index in [0.717, 1.165) is 28.3 Å². The van der Waals surface area contributed by atoms with Crippen molar-refractivity contribution >= 4 is 40.3 Å². The van der Waals surface area contributed by atoms with Crippen LogP contribution in [0.3, 0.4) is 0 Å². The van der Waals surface area contributed by atoms with Gasteiger partial charge < -0.3 is 9.88 Å². The molecule has 0 saturated heterocycles. The summed E-state index contributed by atoms with van der Waals surface area (Å²) in [7, 11) is 0. The zero-order chi connectivity index (χ0) is 17.8. The maximum Gasteiger partial charge on any atom is 0.233 e. The number of aromatic nitrogens is 2. The van der Waals surface area contributed by atoms with Crippen LogP contribution in [0, 0.1) is 0 Å². The zero-order valence-corrected chi connectivity index (χ0v) is 15.8. The Morgan fingerprint density at radius 2 is 1.96 bits per heavy atom. The van der Waals surface area contributed by atoms with Crippen LogP contribution in [-0.2, 0) is 17.9 Å². The molecular formula is C19H20ClN3OS. The van der Waals surface area contributed by atoms with Crippen LogP contribution >= 0.6 is 23.4 Å². The van der Waals surface area contributed by atoms with Gasteiger partial charge >= 0.3 is 0 Å². The van der Waals surface area contributed by atoms with E-state index in [9.17, 15) is 4.79 Å². The molecule has 1 N–H and O–H groups in total. The van der Waals surface area contributed by atoms with Crippen LogP contribution in [0.2, 0.25) is 5.02 Å². The van der Waals surface area contributed by atoms with Crippen molar-refractivity contribution in [1.29, 1.82) is 0 Å². The van der Waals surface area contributed by atoms with Crippen LogP contribution in [-0.4, -0.2) is 20.7 Å². The summed E-state index contributed by atoms with van der Waals surface area (Å²) in [5.41, 5.74) is 2.05. The Balaban J connectivity index is 1.64. The number of rotatable bonds is 6. The number of amides is 1. The molecule has 1 amide bonds. The quantitative estimate of drug-likeness (QED) is 0.647. The molecule has 1 atom stereocenters. The highest BCUT2D eigenvalue weighted by atomic mass is 35.5. The van der Waals surface area contributed by atoms with Crippen LogP contribution < -0.4 is 5.32 Å². The second-order valence-corrected chi connectivity index (χ2v) is 7.54. The number of nitrogens with one attached hydrogen (secondary N) is 1. The highest BCUT2D eigenvalue weighted by Crippen LogP contribution is 2.25. The standard InChI is InChI=1S/C19H20ClN3OS/c1-3-23-17-7-5-4-6-16(17)22-18(23)12-21-19(24)13(2)25-15-10-8-14(20)9-11-15/h4-11,13H,3,12H2,1-2H3,(H,21,24). The molecule has 0 spiro atoms. The Labute approximate surface area is 156 Å². The fraction of sp³-hybridized carbons (Fsp3) is 0.263. The summed E-state index contributed by atoms with van der Waals surface area (Å²) in [6.45, 7) is 5.23. The molecule has 4 nitrogen and oxygen atoms in total. The van der Waals surface area contributed by atoms with Crippen LogP contribution in [0.15, 0.2) is 53.4 Å². The Morgan fingerprint density at radius 1 is 1.24 bits per heavy atom. The molecule has 3 rings (SSSR count). The number of hydrogen-bond donors (Lipinski definition) is 1. The van der Waals surface area contributed by atoms with E-state index in [1.54, 1.807) is 0 Å². The van der Waals surface area contributed by atoms with Crippen molar-refractivity contribution in [3.8, 4) is 0 Å². The highest BCUT2D eigenvalue weighted by molar-refractivity contribution is 8.00. The number of benzene rings is 2. The monoisotopic (exact) mass is 373 g/mol. The van der Waals surface area contributed by atoms with Crippen LogP contribution in [0.4, 0.5) is 0 Å². The molecule has 0 saturated carbocycles. The van der Waals surface area contributed by atoms with Gasteiger partial charge in [-0.2, -0.15) is 0 Å². The third kappa shape index (κ3) is 4.17. The van der Waals surface area contributed by atoms with E-state index in [4.69, 9.17) is 11.6 Å². The maximum absolute atomic E-state index is 12.4. The number of hydrogen-bond acceptors (Lipinski definition) is 3. The van der Waals surface area contributed by atoms with Crippen molar-refractivity contribution in [2.75, 3.05) is 0 Å². The van der Waals surface area contributed by atoms with Gasteiger partial charge in [-0.1, -0.05) is 23.7 Å². The largest absolute Gasteiger partial charge is 0.348 e. The molecule has 0 bridgehead atoms. The summed E-state index contributed by atoms with van der Waals surface area (Å²) in [6.07, 6.45) is 0. The van der Waals surface area contributed by atoms with E-state index in [0.29, 0.717) is 11.6 Å². The summed E-state index contributed by atoms with van der Waals surface area (Å²) in [6, 6.07) is 15.5. The molecule has 25 heavy (non-hydrogen) atoms. The first-order chi connectivity index (χ1) is 12.1. The van der Waals surface area contributed by atoms with Gasteiger partial charge in [0.2, 0.25) is 5.91 Å². The first kappa shape index (κ1) is 17.8. The predicted octanol–water partition coefficient (Wildman–Crippen LogP) is 4.51.